The van der Waals surface area contributed by atoms with Gasteiger partial charge in [0.2, 0.25) is 5.91 Å². The number of likely N-dealkylation sites (N-methyl/N-ethyl adjacent to an activating group) is 1. The fourth-order valence-electron chi connectivity index (χ4n) is 1.89. The second-order valence-corrected chi connectivity index (χ2v) is 4.83. The van der Waals surface area contributed by atoms with E-state index in [4.69, 9.17) is 4.74 Å². The molecular weight excluding hydrogens is 240 g/mol. The zero-order chi connectivity index (χ0) is 14.3. The van der Waals surface area contributed by atoms with Crippen LogP contribution in [0.25, 0.3) is 0 Å². The summed E-state index contributed by atoms with van der Waals surface area (Å²) in [4.78, 5) is 13.7. The van der Waals surface area contributed by atoms with Crippen molar-refractivity contribution in [1.82, 2.24) is 10.2 Å². The number of hydrogen-bond acceptors (Lipinski definition) is 3. The van der Waals surface area contributed by atoms with Crippen molar-refractivity contribution in [2.24, 2.45) is 5.92 Å². The molecule has 0 aromatic heterocycles. The second kappa shape index (κ2) is 7.79. The SMILES string of the molecule is CNCC(C)C(=O)N(C)CCOc1ccccc1C. The van der Waals surface area contributed by atoms with Gasteiger partial charge in [-0.25, -0.2) is 0 Å². The van der Waals surface area contributed by atoms with E-state index in [0.717, 1.165) is 11.3 Å². The minimum atomic E-state index is -0.00605. The zero-order valence-corrected chi connectivity index (χ0v) is 12.3. The molecule has 1 aromatic rings. The summed E-state index contributed by atoms with van der Waals surface area (Å²) in [6, 6.07) is 7.89. The predicted molar refractivity (Wildman–Crippen MR) is 77.4 cm³/mol. The van der Waals surface area contributed by atoms with E-state index < -0.39 is 0 Å². The lowest BCUT2D eigenvalue weighted by Gasteiger charge is -2.21. The number of carbonyl (C=O) groups is 1. The zero-order valence-electron chi connectivity index (χ0n) is 12.3. The van der Waals surface area contributed by atoms with Crippen molar-refractivity contribution in [2.75, 3.05) is 33.8 Å². The second-order valence-electron chi connectivity index (χ2n) is 4.83. The quantitative estimate of drug-likeness (QED) is 0.815. The first-order chi connectivity index (χ1) is 9.06. The first-order valence-corrected chi connectivity index (χ1v) is 6.64. The van der Waals surface area contributed by atoms with Crippen LogP contribution in [-0.4, -0.2) is 44.6 Å². The topological polar surface area (TPSA) is 41.6 Å². The highest BCUT2D eigenvalue weighted by Gasteiger charge is 2.16. The number of hydrogen-bond donors (Lipinski definition) is 1. The molecule has 0 heterocycles. The molecule has 1 rings (SSSR count). The van der Waals surface area contributed by atoms with E-state index >= 15 is 0 Å². The van der Waals surface area contributed by atoms with Gasteiger partial charge in [0.15, 0.2) is 0 Å². The third-order valence-electron chi connectivity index (χ3n) is 3.09. The molecule has 0 fully saturated rings. The van der Waals surface area contributed by atoms with Gasteiger partial charge in [0.25, 0.3) is 0 Å². The number of amides is 1. The van der Waals surface area contributed by atoms with Gasteiger partial charge in [-0.2, -0.15) is 0 Å². The van der Waals surface area contributed by atoms with Gasteiger partial charge < -0.3 is 15.0 Å². The Bertz CT molecular complexity index is 407. The Morgan fingerprint density at radius 2 is 2.11 bits per heavy atom. The lowest BCUT2D eigenvalue weighted by Crippen LogP contribution is -2.38. The van der Waals surface area contributed by atoms with Crippen molar-refractivity contribution in [3.63, 3.8) is 0 Å². The lowest BCUT2D eigenvalue weighted by atomic mass is 10.1. The highest BCUT2D eigenvalue weighted by molar-refractivity contribution is 5.78. The Labute approximate surface area is 115 Å². The normalized spacial score (nSPS) is 12.0. The molecule has 106 valence electrons. The van der Waals surface area contributed by atoms with E-state index in [-0.39, 0.29) is 11.8 Å². The van der Waals surface area contributed by atoms with Crippen LogP contribution < -0.4 is 10.1 Å². The molecule has 0 aliphatic heterocycles. The maximum Gasteiger partial charge on any atom is 0.226 e. The molecule has 1 amide bonds. The number of nitrogens with zero attached hydrogens (tertiary/aromatic N) is 1. The highest BCUT2D eigenvalue weighted by atomic mass is 16.5. The molecule has 0 saturated carbocycles. The number of aryl methyl sites for hydroxylation is 1. The maximum atomic E-state index is 12.0. The first kappa shape index (κ1) is 15.5. The smallest absolute Gasteiger partial charge is 0.226 e. The van der Waals surface area contributed by atoms with Crippen LogP contribution in [0.15, 0.2) is 24.3 Å². The van der Waals surface area contributed by atoms with Gasteiger partial charge in [-0.15, -0.1) is 0 Å². The average molecular weight is 264 g/mol. The molecule has 0 aliphatic carbocycles. The van der Waals surface area contributed by atoms with E-state index in [2.05, 4.69) is 5.32 Å². The molecule has 1 unspecified atom stereocenters. The molecule has 0 aliphatic rings. The summed E-state index contributed by atoms with van der Waals surface area (Å²) in [5, 5.41) is 3.01. The van der Waals surface area contributed by atoms with Gasteiger partial charge in [-0.1, -0.05) is 25.1 Å². The van der Waals surface area contributed by atoms with Crippen molar-refractivity contribution in [3.8, 4) is 5.75 Å². The summed E-state index contributed by atoms with van der Waals surface area (Å²) in [5.41, 5.74) is 1.11. The monoisotopic (exact) mass is 264 g/mol. The Balaban J connectivity index is 2.37. The van der Waals surface area contributed by atoms with Gasteiger partial charge in [0.1, 0.15) is 12.4 Å². The van der Waals surface area contributed by atoms with Crippen LogP contribution in [0.2, 0.25) is 0 Å². The van der Waals surface area contributed by atoms with E-state index in [0.29, 0.717) is 19.7 Å². The Morgan fingerprint density at radius 1 is 1.42 bits per heavy atom. The summed E-state index contributed by atoms with van der Waals surface area (Å²) in [6.45, 7) is 5.75. The number of ether oxygens (including phenoxy) is 1. The van der Waals surface area contributed by atoms with Gasteiger partial charge in [0, 0.05) is 19.5 Å². The fraction of sp³-hybridized carbons (Fsp3) is 0.533. The third kappa shape index (κ3) is 4.91. The Kier molecular flexibility index (Phi) is 6.36. The van der Waals surface area contributed by atoms with Crippen LogP contribution in [0.3, 0.4) is 0 Å². The Morgan fingerprint density at radius 3 is 2.74 bits per heavy atom. The summed E-state index contributed by atoms with van der Waals surface area (Å²) in [6.07, 6.45) is 0. The van der Waals surface area contributed by atoms with Crippen molar-refractivity contribution >= 4 is 5.91 Å². The van der Waals surface area contributed by atoms with E-state index in [9.17, 15) is 4.79 Å². The van der Waals surface area contributed by atoms with Crippen LogP contribution in [0.5, 0.6) is 5.75 Å². The molecule has 0 radical (unpaired) electrons. The van der Waals surface area contributed by atoms with Crippen molar-refractivity contribution in [2.45, 2.75) is 13.8 Å². The van der Waals surface area contributed by atoms with Crippen molar-refractivity contribution in [1.29, 1.82) is 0 Å². The van der Waals surface area contributed by atoms with Crippen LogP contribution in [0.4, 0.5) is 0 Å². The molecule has 4 nitrogen and oxygen atoms in total. The lowest BCUT2D eigenvalue weighted by molar-refractivity contribution is -0.133. The van der Waals surface area contributed by atoms with Crippen molar-refractivity contribution in [3.05, 3.63) is 29.8 Å². The minimum absolute atomic E-state index is 0.00605. The van der Waals surface area contributed by atoms with E-state index in [1.807, 2.05) is 52.2 Å². The third-order valence-corrected chi connectivity index (χ3v) is 3.09. The van der Waals surface area contributed by atoms with E-state index in [1.165, 1.54) is 0 Å². The predicted octanol–water partition coefficient (Wildman–Crippen LogP) is 1.69. The van der Waals surface area contributed by atoms with Gasteiger partial charge in [-0.05, 0) is 25.6 Å². The summed E-state index contributed by atoms with van der Waals surface area (Å²) in [5.74, 6) is 1.02. The maximum absolute atomic E-state index is 12.0. The summed E-state index contributed by atoms with van der Waals surface area (Å²) < 4.78 is 5.69. The number of rotatable bonds is 7. The summed E-state index contributed by atoms with van der Waals surface area (Å²) >= 11 is 0. The standard InChI is InChI=1S/C15H24N2O2/c1-12-7-5-6-8-14(12)19-10-9-17(4)15(18)13(2)11-16-3/h5-8,13,16H,9-11H2,1-4H3. The van der Waals surface area contributed by atoms with Gasteiger partial charge >= 0.3 is 0 Å². The van der Waals surface area contributed by atoms with Crippen LogP contribution in [0, 0.1) is 12.8 Å². The molecule has 1 aromatic carbocycles. The van der Waals surface area contributed by atoms with Crippen molar-refractivity contribution < 1.29 is 9.53 Å². The largest absolute Gasteiger partial charge is 0.491 e. The van der Waals surface area contributed by atoms with Crippen LogP contribution in [0.1, 0.15) is 12.5 Å². The molecule has 1 atom stereocenters. The Hall–Kier alpha value is -1.55. The van der Waals surface area contributed by atoms with Crippen LogP contribution >= 0.6 is 0 Å². The molecule has 4 heteroatoms. The molecule has 0 saturated heterocycles. The number of para-hydroxylation sites is 1. The number of nitrogens with one attached hydrogen (secondary N) is 1. The van der Waals surface area contributed by atoms with Crippen LogP contribution in [-0.2, 0) is 4.79 Å². The first-order valence-electron chi connectivity index (χ1n) is 6.64. The number of carbonyl (C=O) groups excluding carboxylic acids is 1. The average Bonchev–Trinajstić information content (AvgIpc) is 2.40. The molecule has 19 heavy (non-hydrogen) atoms. The fourth-order valence-corrected chi connectivity index (χ4v) is 1.89. The minimum Gasteiger partial charge on any atom is -0.491 e. The molecule has 0 bridgehead atoms. The highest BCUT2D eigenvalue weighted by Crippen LogP contribution is 2.15. The molecular formula is C15H24N2O2. The molecule has 1 N–H and O–H groups in total. The molecule has 0 spiro atoms. The summed E-state index contributed by atoms with van der Waals surface area (Å²) in [7, 11) is 3.67. The van der Waals surface area contributed by atoms with Gasteiger partial charge in [-0.3, -0.25) is 4.79 Å². The van der Waals surface area contributed by atoms with E-state index in [1.54, 1.807) is 4.90 Å². The number of benzene rings is 1. The van der Waals surface area contributed by atoms with Gasteiger partial charge in [0.05, 0.1) is 6.54 Å².